The van der Waals surface area contributed by atoms with E-state index in [9.17, 15) is 14.4 Å². The predicted molar refractivity (Wildman–Crippen MR) is 183 cm³/mol. The van der Waals surface area contributed by atoms with Crippen molar-refractivity contribution in [1.82, 2.24) is 15.1 Å². The van der Waals surface area contributed by atoms with E-state index in [1.807, 2.05) is 31.2 Å². The minimum absolute atomic E-state index is 0.105. The fourth-order valence-corrected chi connectivity index (χ4v) is 8.94. The molecule has 4 heterocycles. The second-order valence-corrected chi connectivity index (χ2v) is 14.8. The van der Waals surface area contributed by atoms with Crippen molar-refractivity contribution in [3.63, 3.8) is 0 Å². The molecule has 0 aromatic heterocycles. The maximum atomic E-state index is 14.4. The number of carbonyl (C=O) groups excluding carboxylic acids is 3. The van der Waals surface area contributed by atoms with Crippen LogP contribution in [-0.2, 0) is 25.5 Å². The minimum atomic E-state index is -1.15. The van der Waals surface area contributed by atoms with Crippen molar-refractivity contribution in [2.24, 2.45) is 17.8 Å². The van der Waals surface area contributed by atoms with Gasteiger partial charge in [-0.3, -0.25) is 14.4 Å². The topological polar surface area (TPSA) is 91.0 Å². The van der Waals surface area contributed by atoms with Crippen LogP contribution in [0.5, 0.6) is 0 Å². The molecule has 3 saturated heterocycles. The number of aryl methyl sites for hydroxylation is 1. The van der Waals surface area contributed by atoms with Crippen molar-refractivity contribution >= 4 is 35.0 Å². The van der Waals surface area contributed by atoms with Crippen molar-refractivity contribution in [3.8, 4) is 0 Å². The van der Waals surface area contributed by atoms with E-state index < -0.39 is 29.6 Å². The Kier molecular flexibility index (Phi) is 9.45. The maximum Gasteiger partial charge on any atom is 0.246 e. The quantitative estimate of drug-likeness (QED) is 0.328. The highest BCUT2D eigenvalue weighted by atomic mass is 35.5. The van der Waals surface area contributed by atoms with Gasteiger partial charge in [-0.25, -0.2) is 0 Å². The van der Waals surface area contributed by atoms with E-state index in [-0.39, 0.29) is 23.8 Å². The van der Waals surface area contributed by atoms with Gasteiger partial charge in [-0.2, -0.15) is 0 Å². The molecule has 5 aliphatic rings. The summed E-state index contributed by atoms with van der Waals surface area (Å²) in [5.41, 5.74) is 1.75. The van der Waals surface area contributed by atoms with Crippen molar-refractivity contribution in [2.75, 3.05) is 31.5 Å². The molecular weight excluding hydrogens is 612 g/mol. The molecule has 1 aliphatic carbocycles. The van der Waals surface area contributed by atoms with E-state index in [4.69, 9.17) is 16.3 Å². The summed E-state index contributed by atoms with van der Waals surface area (Å²) in [4.78, 5) is 46.5. The van der Waals surface area contributed by atoms with Crippen molar-refractivity contribution in [1.29, 1.82) is 0 Å². The lowest BCUT2D eigenvalue weighted by Crippen LogP contribution is -2.56. The van der Waals surface area contributed by atoms with Gasteiger partial charge in [-0.05, 0) is 94.3 Å². The Morgan fingerprint density at radius 2 is 1.74 bits per heavy atom. The first-order chi connectivity index (χ1) is 22.8. The standard InChI is InChI=1S/C38H47ClN4O4/c1-25-13-14-29(24-30(25)39)41-35(44)32-31-15-18-38(47-31)33(32)37(46)43(34(38)36(45)40-28-11-6-3-7-12-28)20-8-19-42-21-16-27(17-22-42)23-26-9-4-2-5-10-26/h2,4-5,9-10,13-15,18,24,27-28,31-34H,3,6-8,11-12,16-17,19-23H2,1H3,(H,40,45)(H,41,44)/t31-,32+,33-,34-,38-/m1/s1. The highest BCUT2D eigenvalue weighted by molar-refractivity contribution is 6.31. The van der Waals surface area contributed by atoms with Crippen molar-refractivity contribution in [2.45, 2.75) is 88.5 Å². The number of likely N-dealkylation sites (tertiary alicyclic amines) is 2. The number of piperidine rings is 1. The van der Waals surface area contributed by atoms with Gasteiger partial charge in [0.1, 0.15) is 11.6 Å². The average Bonchev–Trinajstić information content (AvgIpc) is 3.72. The first-order valence-electron chi connectivity index (χ1n) is 17.6. The number of hydrogen-bond acceptors (Lipinski definition) is 5. The van der Waals surface area contributed by atoms with Crippen molar-refractivity contribution in [3.05, 3.63) is 76.8 Å². The van der Waals surface area contributed by atoms with Crippen LogP contribution in [0, 0.1) is 24.7 Å². The van der Waals surface area contributed by atoms with E-state index in [2.05, 4.69) is 45.9 Å². The first kappa shape index (κ1) is 32.4. The number of fused-ring (bicyclic) bond motifs is 1. The van der Waals surface area contributed by atoms with Crippen LogP contribution in [0.4, 0.5) is 5.69 Å². The summed E-state index contributed by atoms with van der Waals surface area (Å²) >= 11 is 6.33. The molecule has 1 saturated carbocycles. The molecule has 250 valence electrons. The maximum absolute atomic E-state index is 14.4. The van der Waals surface area contributed by atoms with Crippen LogP contribution in [0.15, 0.2) is 60.7 Å². The second kappa shape index (κ2) is 13.7. The van der Waals surface area contributed by atoms with Gasteiger partial charge in [0.25, 0.3) is 0 Å². The summed E-state index contributed by atoms with van der Waals surface area (Å²) in [6.07, 6.45) is 12.7. The summed E-state index contributed by atoms with van der Waals surface area (Å²) in [7, 11) is 0. The fourth-order valence-electron chi connectivity index (χ4n) is 8.76. The summed E-state index contributed by atoms with van der Waals surface area (Å²) in [6, 6.07) is 15.4. The molecule has 0 unspecified atom stereocenters. The van der Waals surface area contributed by atoms with E-state index >= 15 is 0 Å². The fraction of sp³-hybridized carbons (Fsp3) is 0.553. The number of amides is 3. The predicted octanol–water partition coefficient (Wildman–Crippen LogP) is 5.53. The van der Waals surface area contributed by atoms with E-state index in [0.29, 0.717) is 23.2 Å². The molecule has 2 aromatic carbocycles. The van der Waals surface area contributed by atoms with Crippen LogP contribution in [0.3, 0.4) is 0 Å². The number of nitrogens with one attached hydrogen (secondary N) is 2. The van der Waals surface area contributed by atoms with Gasteiger partial charge in [0.15, 0.2) is 0 Å². The molecule has 3 amide bonds. The van der Waals surface area contributed by atoms with Gasteiger partial charge in [0, 0.05) is 23.3 Å². The first-order valence-corrected chi connectivity index (χ1v) is 18.0. The summed E-state index contributed by atoms with van der Waals surface area (Å²) in [6.45, 7) is 5.32. The van der Waals surface area contributed by atoms with Gasteiger partial charge in [0.05, 0.1) is 17.9 Å². The van der Waals surface area contributed by atoms with Crippen LogP contribution in [0.2, 0.25) is 5.02 Å². The third-order valence-electron chi connectivity index (χ3n) is 11.3. The Hall–Kier alpha value is -3.20. The third kappa shape index (κ3) is 6.49. The van der Waals surface area contributed by atoms with Gasteiger partial charge >= 0.3 is 0 Å². The number of halogens is 1. The van der Waals surface area contributed by atoms with Crippen LogP contribution < -0.4 is 10.6 Å². The van der Waals surface area contributed by atoms with Gasteiger partial charge in [0.2, 0.25) is 17.7 Å². The molecule has 5 atom stereocenters. The number of carbonyl (C=O) groups is 3. The lowest BCUT2D eigenvalue weighted by Gasteiger charge is -2.35. The highest BCUT2D eigenvalue weighted by Crippen LogP contribution is 2.55. The normalized spacial score (nSPS) is 29.3. The number of rotatable bonds is 10. The number of anilines is 1. The Bertz CT molecular complexity index is 1500. The van der Waals surface area contributed by atoms with Crippen LogP contribution in [0.1, 0.15) is 62.5 Å². The zero-order valence-corrected chi connectivity index (χ0v) is 28.1. The number of nitrogens with zero attached hydrogens (tertiary/aromatic N) is 2. The molecule has 47 heavy (non-hydrogen) atoms. The van der Waals surface area contributed by atoms with E-state index in [0.717, 1.165) is 76.6 Å². The van der Waals surface area contributed by atoms with Gasteiger partial charge in [-0.15, -0.1) is 0 Å². The zero-order chi connectivity index (χ0) is 32.5. The zero-order valence-electron chi connectivity index (χ0n) is 27.3. The molecule has 1 spiro atoms. The largest absolute Gasteiger partial charge is 0.359 e. The molecule has 2 N–H and O–H groups in total. The number of hydrogen-bond donors (Lipinski definition) is 2. The van der Waals surface area contributed by atoms with Crippen LogP contribution in [0.25, 0.3) is 0 Å². The molecule has 2 aromatic rings. The van der Waals surface area contributed by atoms with Crippen molar-refractivity contribution < 1.29 is 19.1 Å². The summed E-state index contributed by atoms with van der Waals surface area (Å²) < 4.78 is 6.55. The van der Waals surface area contributed by atoms with Crippen LogP contribution in [-0.4, -0.2) is 77.5 Å². The highest BCUT2D eigenvalue weighted by Gasteiger charge is 2.72. The average molecular weight is 659 g/mol. The van der Waals surface area contributed by atoms with Gasteiger partial charge in [-0.1, -0.05) is 79.4 Å². The number of benzene rings is 2. The molecule has 7 rings (SSSR count). The Morgan fingerprint density at radius 1 is 0.979 bits per heavy atom. The monoisotopic (exact) mass is 658 g/mol. The molecule has 2 bridgehead atoms. The Morgan fingerprint density at radius 3 is 2.49 bits per heavy atom. The smallest absolute Gasteiger partial charge is 0.246 e. The summed E-state index contributed by atoms with van der Waals surface area (Å²) in [5, 5.41) is 6.83. The number of ether oxygens (including phenoxy) is 1. The lowest BCUT2D eigenvalue weighted by molar-refractivity contribution is -0.141. The molecular formula is C38H47ClN4O4. The molecule has 8 nitrogen and oxygen atoms in total. The lowest BCUT2D eigenvalue weighted by atomic mass is 9.74. The molecule has 9 heteroatoms. The SMILES string of the molecule is Cc1ccc(NC(=O)[C@H]2[C@H]3C=C[C@@]4(O3)[C@H]2C(=O)N(CCCN2CCC(Cc3ccccc3)CC2)[C@@H]4C(=O)NC2CCCCC2)cc1Cl. The third-order valence-corrected chi connectivity index (χ3v) is 11.7. The Balaban J connectivity index is 1.04. The summed E-state index contributed by atoms with van der Waals surface area (Å²) in [5.74, 6) is -1.40. The van der Waals surface area contributed by atoms with E-state index in [1.165, 1.54) is 12.0 Å². The molecule has 4 fully saturated rings. The minimum Gasteiger partial charge on any atom is -0.359 e. The molecule has 4 aliphatic heterocycles. The molecule has 0 radical (unpaired) electrons. The van der Waals surface area contributed by atoms with E-state index in [1.54, 1.807) is 11.0 Å². The second-order valence-electron chi connectivity index (χ2n) is 14.4. The van der Waals surface area contributed by atoms with Crippen LogP contribution >= 0.6 is 11.6 Å². The van der Waals surface area contributed by atoms with Gasteiger partial charge < -0.3 is 25.2 Å². The Labute approximate surface area is 283 Å².